The van der Waals surface area contributed by atoms with Crippen molar-refractivity contribution in [3.05, 3.63) is 29.8 Å². The summed E-state index contributed by atoms with van der Waals surface area (Å²) in [7, 11) is -2.99. The molecule has 0 aromatic heterocycles. The van der Waals surface area contributed by atoms with Crippen molar-refractivity contribution in [2.24, 2.45) is 0 Å². The van der Waals surface area contributed by atoms with Crippen molar-refractivity contribution in [1.29, 1.82) is 0 Å². The van der Waals surface area contributed by atoms with Crippen molar-refractivity contribution in [2.75, 3.05) is 23.4 Å². The molecule has 6 heteroatoms. The van der Waals surface area contributed by atoms with Crippen LogP contribution < -0.4 is 5.32 Å². The lowest BCUT2D eigenvalue weighted by molar-refractivity contribution is 0.197. The zero-order chi connectivity index (χ0) is 15.5. The summed E-state index contributed by atoms with van der Waals surface area (Å²) in [5.74, 6) is 0.246. The van der Waals surface area contributed by atoms with Gasteiger partial charge in [-0.05, 0) is 37.5 Å². The first kappa shape index (κ1) is 15.8. The zero-order valence-corrected chi connectivity index (χ0v) is 13.3. The van der Waals surface area contributed by atoms with Gasteiger partial charge in [-0.1, -0.05) is 19.1 Å². The van der Waals surface area contributed by atoms with Gasteiger partial charge in [-0.2, -0.15) is 0 Å². The molecule has 1 fully saturated rings. The Morgan fingerprint density at radius 2 is 1.95 bits per heavy atom. The van der Waals surface area contributed by atoms with E-state index in [1.54, 1.807) is 4.90 Å². The molecule has 2 amide bonds. The fraction of sp³-hybridized carbons (Fsp3) is 0.533. The van der Waals surface area contributed by atoms with Gasteiger partial charge in [-0.3, -0.25) is 0 Å². The molecule has 1 heterocycles. The van der Waals surface area contributed by atoms with Crippen LogP contribution in [0.3, 0.4) is 0 Å². The van der Waals surface area contributed by atoms with E-state index in [-0.39, 0.29) is 23.6 Å². The molecule has 1 N–H and O–H groups in total. The predicted molar refractivity (Wildman–Crippen MR) is 84.3 cm³/mol. The summed E-state index contributed by atoms with van der Waals surface area (Å²) < 4.78 is 23.1. The summed E-state index contributed by atoms with van der Waals surface area (Å²) in [6.07, 6.45) is 1.48. The Labute approximate surface area is 126 Å². The maximum atomic E-state index is 12.3. The quantitative estimate of drug-likeness (QED) is 0.928. The molecule has 1 saturated heterocycles. The first-order valence-corrected chi connectivity index (χ1v) is 9.14. The van der Waals surface area contributed by atoms with E-state index in [9.17, 15) is 13.2 Å². The number of hydrogen-bond donors (Lipinski definition) is 1. The first-order valence-electron chi connectivity index (χ1n) is 7.32. The van der Waals surface area contributed by atoms with Gasteiger partial charge in [0.2, 0.25) is 0 Å². The van der Waals surface area contributed by atoms with Gasteiger partial charge in [-0.15, -0.1) is 0 Å². The number of carbonyl (C=O) groups is 1. The van der Waals surface area contributed by atoms with E-state index < -0.39 is 9.84 Å². The summed E-state index contributed by atoms with van der Waals surface area (Å²) in [6, 6.07) is 7.25. The van der Waals surface area contributed by atoms with E-state index in [4.69, 9.17) is 0 Å². The number of benzene rings is 1. The minimum atomic E-state index is -2.99. The minimum absolute atomic E-state index is 0.0725. The van der Waals surface area contributed by atoms with Crippen LogP contribution in [0.2, 0.25) is 0 Å². The van der Waals surface area contributed by atoms with Crippen LogP contribution in [0.5, 0.6) is 0 Å². The number of anilines is 1. The largest absolute Gasteiger partial charge is 0.322 e. The van der Waals surface area contributed by atoms with Gasteiger partial charge in [0, 0.05) is 18.3 Å². The zero-order valence-electron chi connectivity index (χ0n) is 12.5. The Hall–Kier alpha value is -1.56. The van der Waals surface area contributed by atoms with E-state index in [0.29, 0.717) is 13.0 Å². The van der Waals surface area contributed by atoms with E-state index in [0.717, 1.165) is 12.1 Å². The number of aryl methyl sites for hydroxylation is 1. The molecule has 116 valence electrons. The highest BCUT2D eigenvalue weighted by Gasteiger charge is 2.33. The molecule has 1 aliphatic heterocycles. The Morgan fingerprint density at radius 3 is 2.43 bits per heavy atom. The highest BCUT2D eigenvalue weighted by atomic mass is 32.2. The van der Waals surface area contributed by atoms with Gasteiger partial charge in [0.25, 0.3) is 0 Å². The topological polar surface area (TPSA) is 66.5 Å². The van der Waals surface area contributed by atoms with Crippen LogP contribution in [0.25, 0.3) is 0 Å². The van der Waals surface area contributed by atoms with Gasteiger partial charge < -0.3 is 10.2 Å². The van der Waals surface area contributed by atoms with Gasteiger partial charge in [0.1, 0.15) is 0 Å². The van der Waals surface area contributed by atoms with Gasteiger partial charge in [-0.25, -0.2) is 13.2 Å². The maximum Gasteiger partial charge on any atom is 0.322 e. The number of amides is 2. The van der Waals surface area contributed by atoms with E-state index in [1.165, 1.54) is 5.56 Å². The molecule has 1 atom stereocenters. The lowest BCUT2D eigenvalue weighted by Crippen LogP contribution is -2.43. The first-order chi connectivity index (χ1) is 9.95. The van der Waals surface area contributed by atoms with Crippen molar-refractivity contribution in [1.82, 2.24) is 4.90 Å². The van der Waals surface area contributed by atoms with Crippen molar-refractivity contribution >= 4 is 21.6 Å². The Kier molecular flexibility index (Phi) is 4.88. The molecular weight excluding hydrogens is 288 g/mol. The fourth-order valence-electron chi connectivity index (χ4n) is 2.61. The highest BCUT2D eigenvalue weighted by Crippen LogP contribution is 2.19. The van der Waals surface area contributed by atoms with Gasteiger partial charge in [0.15, 0.2) is 9.84 Å². The number of hydrogen-bond acceptors (Lipinski definition) is 3. The minimum Gasteiger partial charge on any atom is -0.321 e. The van der Waals surface area contributed by atoms with Crippen molar-refractivity contribution in [3.63, 3.8) is 0 Å². The van der Waals surface area contributed by atoms with Gasteiger partial charge >= 0.3 is 6.03 Å². The number of urea groups is 1. The molecule has 5 nitrogen and oxygen atoms in total. The average molecular weight is 310 g/mol. The number of sulfone groups is 1. The van der Waals surface area contributed by atoms with Gasteiger partial charge in [0.05, 0.1) is 11.5 Å². The molecule has 1 unspecified atom stereocenters. The third kappa shape index (κ3) is 3.97. The summed E-state index contributed by atoms with van der Waals surface area (Å²) in [6.45, 7) is 4.44. The van der Waals surface area contributed by atoms with Crippen LogP contribution in [0.15, 0.2) is 24.3 Å². The monoisotopic (exact) mass is 310 g/mol. The van der Waals surface area contributed by atoms with Crippen molar-refractivity contribution in [3.8, 4) is 0 Å². The number of rotatable bonds is 4. The Bertz CT molecular complexity index is 596. The fourth-order valence-corrected chi connectivity index (χ4v) is 4.34. The van der Waals surface area contributed by atoms with Crippen LogP contribution in [-0.4, -0.2) is 43.4 Å². The predicted octanol–water partition coefficient (Wildman–Crippen LogP) is 2.29. The number of nitrogens with zero attached hydrogens (tertiary/aromatic N) is 1. The van der Waals surface area contributed by atoms with E-state index in [1.807, 2.05) is 31.2 Å². The molecule has 1 aromatic carbocycles. The SMILES string of the molecule is CCc1ccc(NC(=O)N(CC)C2CCS(=O)(=O)C2)cc1. The summed E-state index contributed by atoms with van der Waals surface area (Å²) >= 11 is 0. The molecule has 0 aliphatic carbocycles. The molecule has 0 saturated carbocycles. The highest BCUT2D eigenvalue weighted by molar-refractivity contribution is 7.91. The average Bonchev–Trinajstić information content (AvgIpc) is 2.80. The van der Waals surface area contributed by atoms with Crippen molar-refractivity contribution < 1.29 is 13.2 Å². The molecule has 21 heavy (non-hydrogen) atoms. The van der Waals surface area contributed by atoms with Crippen LogP contribution in [0.4, 0.5) is 10.5 Å². The lowest BCUT2D eigenvalue weighted by Gasteiger charge is -2.27. The number of nitrogens with one attached hydrogen (secondary N) is 1. The third-order valence-electron chi connectivity index (χ3n) is 3.86. The molecule has 0 spiro atoms. The molecule has 1 aliphatic rings. The van der Waals surface area contributed by atoms with Crippen LogP contribution in [0.1, 0.15) is 25.8 Å². The van der Waals surface area contributed by atoms with Crippen molar-refractivity contribution in [2.45, 2.75) is 32.7 Å². The number of carbonyl (C=O) groups excluding carboxylic acids is 1. The smallest absolute Gasteiger partial charge is 0.321 e. The second kappa shape index (κ2) is 6.47. The van der Waals surface area contributed by atoms with Crippen LogP contribution in [-0.2, 0) is 16.3 Å². The molecular formula is C15H22N2O3S. The van der Waals surface area contributed by atoms with E-state index >= 15 is 0 Å². The lowest BCUT2D eigenvalue weighted by atomic mass is 10.1. The second-order valence-corrected chi connectivity index (χ2v) is 7.55. The summed E-state index contributed by atoms with van der Waals surface area (Å²) in [4.78, 5) is 13.9. The maximum absolute atomic E-state index is 12.3. The molecule has 1 aromatic rings. The Morgan fingerprint density at radius 1 is 1.29 bits per heavy atom. The summed E-state index contributed by atoms with van der Waals surface area (Å²) in [5, 5.41) is 2.84. The second-order valence-electron chi connectivity index (χ2n) is 5.32. The van der Waals surface area contributed by atoms with E-state index in [2.05, 4.69) is 12.2 Å². The molecule has 0 radical (unpaired) electrons. The van der Waals surface area contributed by atoms with Crippen LogP contribution in [0, 0.1) is 0 Å². The normalized spacial score (nSPS) is 20.2. The Balaban J connectivity index is 2.03. The standard InChI is InChI=1S/C15H22N2O3S/c1-3-12-5-7-13(8-6-12)16-15(18)17(4-2)14-9-10-21(19,20)11-14/h5-8,14H,3-4,9-11H2,1-2H3,(H,16,18). The third-order valence-corrected chi connectivity index (χ3v) is 5.61. The molecule has 0 bridgehead atoms. The molecule has 2 rings (SSSR count). The van der Waals surface area contributed by atoms with Crippen LogP contribution >= 0.6 is 0 Å². The summed E-state index contributed by atoms with van der Waals surface area (Å²) in [5.41, 5.74) is 1.94.